The molecule has 1 aliphatic heterocycles. The number of para-hydroxylation sites is 2. The molecule has 0 aliphatic carbocycles. The van der Waals surface area contributed by atoms with Gasteiger partial charge in [-0.2, -0.15) is 0 Å². The van der Waals surface area contributed by atoms with Crippen molar-refractivity contribution in [2.24, 2.45) is 0 Å². The van der Waals surface area contributed by atoms with Gasteiger partial charge in [0.2, 0.25) is 6.10 Å². The molecule has 1 N–H and O–H groups in total. The molecule has 0 bridgehead atoms. The largest absolute Gasteiger partial charge is 0.482 e. The van der Waals surface area contributed by atoms with Crippen molar-refractivity contribution in [2.45, 2.75) is 26.1 Å². The Morgan fingerprint density at radius 3 is 2.52 bits per heavy atom. The second kappa shape index (κ2) is 5.44. The van der Waals surface area contributed by atoms with Crippen LogP contribution < -0.4 is 14.8 Å². The molecule has 2 aromatic rings. The van der Waals surface area contributed by atoms with E-state index in [1.54, 1.807) is 18.3 Å². The monoisotopic (exact) mass is 284 g/mol. The highest BCUT2D eigenvalue weighted by atomic mass is 16.6. The van der Waals surface area contributed by atoms with E-state index in [-0.39, 0.29) is 12.0 Å². The predicted octanol–water partition coefficient (Wildman–Crippen LogP) is 2.56. The van der Waals surface area contributed by atoms with E-state index >= 15 is 0 Å². The molecular weight excluding hydrogens is 268 g/mol. The number of anilines is 1. The van der Waals surface area contributed by atoms with Crippen LogP contribution in [0.5, 0.6) is 11.5 Å². The van der Waals surface area contributed by atoms with Crippen LogP contribution in [0.15, 0.2) is 42.6 Å². The molecule has 0 radical (unpaired) electrons. The number of benzene rings is 1. The van der Waals surface area contributed by atoms with Crippen LogP contribution in [-0.4, -0.2) is 23.1 Å². The lowest BCUT2D eigenvalue weighted by Gasteiger charge is -2.30. The second-order valence-electron chi connectivity index (χ2n) is 5.02. The first-order valence-corrected chi connectivity index (χ1v) is 6.79. The number of ether oxygens (including phenoxy) is 2. The fourth-order valence-corrected chi connectivity index (χ4v) is 2.15. The zero-order valence-corrected chi connectivity index (χ0v) is 11.9. The first kappa shape index (κ1) is 13.4. The van der Waals surface area contributed by atoms with Crippen LogP contribution in [0.4, 0.5) is 5.82 Å². The van der Waals surface area contributed by atoms with Crippen molar-refractivity contribution in [2.75, 3.05) is 5.32 Å². The summed E-state index contributed by atoms with van der Waals surface area (Å²) in [4.78, 5) is 16.5. The van der Waals surface area contributed by atoms with Gasteiger partial charge in [-0.05, 0) is 37.6 Å². The molecule has 21 heavy (non-hydrogen) atoms. The average Bonchev–Trinajstić information content (AvgIpc) is 2.49. The number of carbonyl (C=O) groups is 1. The van der Waals surface area contributed by atoms with Gasteiger partial charge < -0.3 is 14.8 Å². The highest BCUT2D eigenvalue weighted by Gasteiger charge is 2.34. The molecule has 5 nitrogen and oxygen atoms in total. The van der Waals surface area contributed by atoms with E-state index in [9.17, 15) is 4.79 Å². The van der Waals surface area contributed by atoms with Gasteiger partial charge in [0, 0.05) is 6.20 Å². The third-order valence-electron chi connectivity index (χ3n) is 3.26. The maximum atomic E-state index is 12.3. The Kier molecular flexibility index (Phi) is 3.48. The minimum absolute atomic E-state index is 0.270. The number of pyridine rings is 1. The third-order valence-corrected chi connectivity index (χ3v) is 3.26. The van der Waals surface area contributed by atoms with E-state index in [0.29, 0.717) is 17.3 Å². The van der Waals surface area contributed by atoms with Crippen LogP contribution in [0, 0.1) is 6.92 Å². The lowest BCUT2D eigenvalue weighted by atomic mass is 10.1. The number of nitrogens with one attached hydrogen (secondary N) is 1. The highest BCUT2D eigenvalue weighted by Crippen LogP contribution is 2.33. The minimum atomic E-state index is -0.706. The van der Waals surface area contributed by atoms with E-state index in [4.69, 9.17) is 9.47 Å². The lowest BCUT2D eigenvalue weighted by Crippen LogP contribution is -2.46. The number of fused-ring (bicyclic) bond motifs is 1. The van der Waals surface area contributed by atoms with Crippen molar-refractivity contribution in [3.63, 3.8) is 0 Å². The Labute approximate surface area is 122 Å². The molecular formula is C16H16N2O3. The van der Waals surface area contributed by atoms with Gasteiger partial charge in [0.1, 0.15) is 11.9 Å². The van der Waals surface area contributed by atoms with Gasteiger partial charge in [-0.15, -0.1) is 0 Å². The van der Waals surface area contributed by atoms with Crippen molar-refractivity contribution < 1.29 is 14.3 Å². The molecule has 3 rings (SSSR count). The number of carbonyl (C=O) groups excluding carboxylic acids is 1. The highest BCUT2D eigenvalue weighted by molar-refractivity contribution is 5.94. The van der Waals surface area contributed by atoms with Crippen molar-refractivity contribution in [3.8, 4) is 11.5 Å². The number of nitrogens with zero attached hydrogens (tertiary/aromatic N) is 1. The van der Waals surface area contributed by atoms with Crippen LogP contribution in [0.1, 0.15) is 12.5 Å². The SMILES string of the molecule is Cc1ccc(NC(=O)[C@H]2Oc3ccccc3O[C@@H]2C)nc1. The molecule has 0 saturated carbocycles. The molecule has 0 fully saturated rings. The molecule has 5 heteroatoms. The molecule has 1 aromatic heterocycles. The van der Waals surface area contributed by atoms with Gasteiger partial charge >= 0.3 is 0 Å². The quantitative estimate of drug-likeness (QED) is 0.920. The van der Waals surface area contributed by atoms with Crippen molar-refractivity contribution >= 4 is 11.7 Å². The zero-order chi connectivity index (χ0) is 14.8. The summed E-state index contributed by atoms with van der Waals surface area (Å²) in [5.74, 6) is 1.46. The number of aryl methyl sites for hydroxylation is 1. The molecule has 108 valence electrons. The Morgan fingerprint density at radius 1 is 1.14 bits per heavy atom. The summed E-state index contributed by atoms with van der Waals surface area (Å²) in [6.07, 6.45) is 0.625. The number of hydrogen-bond donors (Lipinski definition) is 1. The summed E-state index contributed by atoms with van der Waals surface area (Å²) in [5.41, 5.74) is 1.03. The predicted molar refractivity (Wildman–Crippen MR) is 78.6 cm³/mol. The van der Waals surface area contributed by atoms with E-state index in [1.807, 2.05) is 38.1 Å². The van der Waals surface area contributed by atoms with E-state index in [0.717, 1.165) is 5.56 Å². The molecule has 0 saturated heterocycles. The number of rotatable bonds is 2. The standard InChI is InChI=1S/C16H16N2O3/c1-10-7-8-14(17-9-10)18-16(19)15-11(2)20-12-5-3-4-6-13(12)21-15/h3-9,11,15H,1-2H3,(H,17,18,19)/t11-,15+/m1/s1. The molecule has 0 spiro atoms. The molecule has 1 amide bonds. The Bertz CT molecular complexity index is 655. The molecule has 2 atom stereocenters. The van der Waals surface area contributed by atoms with Gasteiger partial charge in [0.25, 0.3) is 5.91 Å². The van der Waals surface area contributed by atoms with Crippen LogP contribution in [0.2, 0.25) is 0 Å². The zero-order valence-electron chi connectivity index (χ0n) is 11.9. The van der Waals surface area contributed by atoms with Crippen molar-refractivity contribution in [1.82, 2.24) is 4.98 Å². The van der Waals surface area contributed by atoms with E-state index in [1.165, 1.54) is 0 Å². The number of amides is 1. The summed E-state index contributed by atoms with van der Waals surface area (Å²) in [7, 11) is 0. The summed E-state index contributed by atoms with van der Waals surface area (Å²) in [6.45, 7) is 3.75. The molecule has 1 aromatic carbocycles. The Morgan fingerprint density at radius 2 is 1.86 bits per heavy atom. The van der Waals surface area contributed by atoms with E-state index < -0.39 is 6.10 Å². The van der Waals surface area contributed by atoms with Crippen molar-refractivity contribution in [1.29, 1.82) is 0 Å². The number of hydrogen-bond acceptors (Lipinski definition) is 4. The number of aromatic nitrogens is 1. The van der Waals surface area contributed by atoms with Crippen molar-refractivity contribution in [3.05, 3.63) is 48.2 Å². The minimum Gasteiger partial charge on any atom is -0.482 e. The van der Waals surface area contributed by atoms with Gasteiger partial charge in [-0.1, -0.05) is 18.2 Å². The van der Waals surface area contributed by atoms with Gasteiger partial charge in [0.05, 0.1) is 0 Å². The van der Waals surface area contributed by atoms with E-state index in [2.05, 4.69) is 10.3 Å². The van der Waals surface area contributed by atoms with Gasteiger partial charge in [0.15, 0.2) is 11.5 Å². The smallest absolute Gasteiger partial charge is 0.270 e. The second-order valence-corrected chi connectivity index (χ2v) is 5.02. The topological polar surface area (TPSA) is 60.5 Å². The first-order valence-electron chi connectivity index (χ1n) is 6.79. The summed E-state index contributed by atoms with van der Waals surface area (Å²) in [5, 5.41) is 2.75. The van der Waals surface area contributed by atoms with Crippen LogP contribution in [0.25, 0.3) is 0 Å². The Balaban J connectivity index is 1.74. The maximum Gasteiger partial charge on any atom is 0.270 e. The van der Waals surface area contributed by atoms with Crippen LogP contribution in [-0.2, 0) is 4.79 Å². The third kappa shape index (κ3) is 2.81. The lowest BCUT2D eigenvalue weighted by molar-refractivity contribution is -0.128. The van der Waals surface area contributed by atoms with Crippen LogP contribution >= 0.6 is 0 Å². The summed E-state index contributed by atoms with van der Waals surface area (Å²) >= 11 is 0. The molecule has 0 unspecified atom stereocenters. The fraction of sp³-hybridized carbons (Fsp3) is 0.250. The Hall–Kier alpha value is -2.56. The summed E-state index contributed by atoms with van der Waals surface area (Å²) < 4.78 is 11.5. The molecule has 2 heterocycles. The summed E-state index contributed by atoms with van der Waals surface area (Å²) in [6, 6.07) is 11.0. The average molecular weight is 284 g/mol. The first-order chi connectivity index (χ1) is 10.1. The van der Waals surface area contributed by atoms with Gasteiger partial charge in [-0.25, -0.2) is 4.98 Å². The fourth-order valence-electron chi connectivity index (χ4n) is 2.15. The normalized spacial score (nSPS) is 19.9. The molecule has 1 aliphatic rings. The maximum absolute atomic E-state index is 12.3. The van der Waals surface area contributed by atoms with Crippen LogP contribution in [0.3, 0.4) is 0 Å². The van der Waals surface area contributed by atoms with Gasteiger partial charge in [-0.3, -0.25) is 4.79 Å².